The number of hydrogen-bond donors (Lipinski definition) is 2. The normalized spacial score (nSPS) is 10.7. The lowest BCUT2D eigenvalue weighted by Crippen LogP contribution is -2.31. The van der Waals surface area contributed by atoms with Gasteiger partial charge in [0.2, 0.25) is 5.75 Å². The molecule has 0 atom stereocenters. The van der Waals surface area contributed by atoms with Crippen LogP contribution in [0.1, 0.15) is 19.4 Å². The van der Waals surface area contributed by atoms with Crippen LogP contribution in [0.2, 0.25) is 0 Å². The molecule has 0 radical (unpaired) electrons. The lowest BCUT2D eigenvalue weighted by atomic mass is 10.1. The van der Waals surface area contributed by atoms with Gasteiger partial charge < -0.3 is 19.8 Å². The fraction of sp³-hybridized carbons (Fsp3) is 0.267. The summed E-state index contributed by atoms with van der Waals surface area (Å²) in [7, 11) is 0. The van der Waals surface area contributed by atoms with E-state index in [0.29, 0.717) is 13.1 Å². The number of phenols is 1. The molecule has 0 aliphatic heterocycles. The van der Waals surface area contributed by atoms with Gasteiger partial charge in [-0.3, -0.25) is 14.9 Å². The van der Waals surface area contributed by atoms with Gasteiger partial charge in [-0.15, -0.1) is 0 Å². The van der Waals surface area contributed by atoms with Crippen molar-refractivity contribution in [3.8, 4) is 17.6 Å². The maximum atomic E-state index is 12.2. The maximum Gasteiger partial charge on any atom is 0.511 e. The number of nitrogens with zero attached hydrogens (tertiary/aromatic N) is 3. The summed E-state index contributed by atoms with van der Waals surface area (Å²) in [5.74, 6) is -2.23. The highest BCUT2D eigenvalue weighted by molar-refractivity contribution is 6.01. The molecule has 0 aromatic heterocycles. The van der Waals surface area contributed by atoms with Gasteiger partial charge in [0.15, 0.2) is 5.75 Å². The summed E-state index contributed by atoms with van der Waals surface area (Å²) < 4.78 is 4.30. The molecule has 0 bridgehead atoms. The molecule has 1 aromatic carbocycles. The van der Waals surface area contributed by atoms with Gasteiger partial charge in [0, 0.05) is 19.2 Å². The van der Waals surface area contributed by atoms with Crippen LogP contribution >= 0.6 is 0 Å². The molecular formula is C15H15N3O7. The van der Waals surface area contributed by atoms with Crippen molar-refractivity contribution >= 4 is 23.8 Å². The van der Waals surface area contributed by atoms with Crippen molar-refractivity contribution in [2.45, 2.75) is 13.8 Å². The van der Waals surface area contributed by atoms with E-state index in [4.69, 9.17) is 5.11 Å². The monoisotopic (exact) mass is 349 g/mol. The van der Waals surface area contributed by atoms with Crippen LogP contribution in [0, 0.1) is 21.4 Å². The number of likely N-dealkylation sites (N-methyl/N-ethyl adjacent to an activating group) is 1. The molecule has 25 heavy (non-hydrogen) atoms. The van der Waals surface area contributed by atoms with Crippen LogP contribution in [0.5, 0.6) is 11.5 Å². The highest BCUT2D eigenvalue weighted by Gasteiger charge is 2.23. The first-order valence-corrected chi connectivity index (χ1v) is 7.08. The molecule has 0 unspecified atom stereocenters. The van der Waals surface area contributed by atoms with E-state index in [1.54, 1.807) is 19.9 Å². The smallest absolute Gasteiger partial charge is 0.499 e. The number of amides is 1. The van der Waals surface area contributed by atoms with Crippen molar-refractivity contribution in [2.75, 3.05) is 13.1 Å². The summed E-state index contributed by atoms with van der Waals surface area (Å²) in [5, 5.41) is 38.5. The zero-order chi connectivity index (χ0) is 19.1. The second kappa shape index (κ2) is 8.30. The van der Waals surface area contributed by atoms with Gasteiger partial charge in [0.1, 0.15) is 11.6 Å². The summed E-state index contributed by atoms with van der Waals surface area (Å²) in [6, 6.07) is 3.58. The lowest BCUT2D eigenvalue weighted by Gasteiger charge is -2.17. The zero-order valence-corrected chi connectivity index (χ0v) is 13.4. The number of nitro benzene ring substituents is 1. The molecule has 2 N–H and O–H groups in total. The quantitative estimate of drug-likeness (QED) is 0.198. The highest BCUT2D eigenvalue weighted by Crippen LogP contribution is 2.37. The minimum atomic E-state index is -1.79. The Morgan fingerprint density at radius 3 is 2.44 bits per heavy atom. The molecule has 1 aromatic rings. The summed E-state index contributed by atoms with van der Waals surface area (Å²) in [6.07, 6.45) is -0.729. The van der Waals surface area contributed by atoms with E-state index in [1.807, 2.05) is 0 Å². The Labute approximate surface area is 142 Å². The Kier molecular flexibility index (Phi) is 6.45. The van der Waals surface area contributed by atoms with E-state index in [2.05, 4.69) is 4.74 Å². The van der Waals surface area contributed by atoms with Gasteiger partial charge in [-0.05, 0) is 31.6 Å². The third kappa shape index (κ3) is 4.68. The minimum Gasteiger partial charge on any atom is -0.499 e. The van der Waals surface area contributed by atoms with Gasteiger partial charge in [-0.1, -0.05) is 0 Å². The molecule has 10 heteroatoms. The molecule has 0 fully saturated rings. The average Bonchev–Trinajstić information content (AvgIpc) is 2.55. The third-order valence-corrected chi connectivity index (χ3v) is 3.18. The fourth-order valence-corrected chi connectivity index (χ4v) is 2.00. The first-order valence-electron chi connectivity index (χ1n) is 7.08. The van der Waals surface area contributed by atoms with Crippen molar-refractivity contribution in [1.29, 1.82) is 5.26 Å². The van der Waals surface area contributed by atoms with E-state index >= 15 is 0 Å². The van der Waals surface area contributed by atoms with Crippen LogP contribution < -0.4 is 4.74 Å². The van der Waals surface area contributed by atoms with Gasteiger partial charge in [-0.25, -0.2) is 4.79 Å². The van der Waals surface area contributed by atoms with Crippen molar-refractivity contribution < 1.29 is 29.5 Å². The predicted octanol–water partition coefficient (Wildman–Crippen LogP) is 2.13. The number of nitriles is 1. The number of carboxylic acid groups (broad SMARTS) is 1. The predicted molar refractivity (Wildman–Crippen MR) is 84.9 cm³/mol. The van der Waals surface area contributed by atoms with Crippen molar-refractivity contribution in [2.24, 2.45) is 0 Å². The molecule has 0 saturated carbocycles. The summed E-state index contributed by atoms with van der Waals surface area (Å²) in [6.45, 7) is 4.16. The number of phenolic OH excluding ortho intramolecular Hbond substituents is 1. The van der Waals surface area contributed by atoms with Crippen LogP contribution in [0.15, 0.2) is 17.7 Å². The highest BCUT2D eigenvalue weighted by atomic mass is 16.7. The number of aromatic hydroxyl groups is 1. The first kappa shape index (κ1) is 19.4. The van der Waals surface area contributed by atoms with Crippen molar-refractivity contribution in [3.05, 3.63) is 33.4 Å². The SMILES string of the molecule is CCN(CC)C(=O)/C(C#N)=C/c1cc(OC(=O)O)c(O)c([N+](=O)[O-])c1. The largest absolute Gasteiger partial charge is 0.511 e. The maximum absolute atomic E-state index is 12.2. The van der Waals surface area contributed by atoms with Crippen LogP contribution in [-0.2, 0) is 4.79 Å². The van der Waals surface area contributed by atoms with Crippen LogP contribution in [0.3, 0.4) is 0 Å². The van der Waals surface area contributed by atoms with E-state index in [0.717, 1.165) is 18.2 Å². The average molecular weight is 349 g/mol. The van der Waals surface area contributed by atoms with Crippen LogP contribution in [0.25, 0.3) is 6.08 Å². The Bertz CT molecular complexity index is 776. The standard InChI is InChI=1S/C15H15N3O7/c1-3-17(4-2)14(20)10(8-16)5-9-6-11(18(23)24)13(19)12(7-9)25-15(21)22/h5-7,19H,3-4H2,1-2H3,(H,21,22)/b10-5+. The summed E-state index contributed by atoms with van der Waals surface area (Å²) >= 11 is 0. The van der Waals surface area contributed by atoms with Gasteiger partial charge in [0.05, 0.1) is 4.92 Å². The number of carbonyl (C=O) groups is 2. The van der Waals surface area contributed by atoms with E-state index in [-0.39, 0.29) is 11.1 Å². The number of hydrogen-bond acceptors (Lipinski definition) is 7. The molecule has 0 aliphatic carbocycles. The number of carbonyl (C=O) groups excluding carboxylic acids is 1. The molecule has 0 aliphatic rings. The fourth-order valence-electron chi connectivity index (χ4n) is 2.00. The van der Waals surface area contributed by atoms with Crippen LogP contribution in [0.4, 0.5) is 10.5 Å². The van der Waals surface area contributed by atoms with E-state index in [1.165, 1.54) is 4.90 Å². The molecule has 1 rings (SSSR count). The number of rotatable bonds is 6. The van der Waals surface area contributed by atoms with Gasteiger partial charge in [-0.2, -0.15) is 5.26 Å². The topological polar surface area (TPSA) is 154 Å². The lowest BCUT2D eigenvalue weighted by molar-refractivity contribution is -0.385. The molecule has 0 saturated heterocycles. The molecule has 132 valence electrons. The van der Waals surface area contributed by atoms with Crippen LogP contribution in [-0.4, -0.2) is 45.2 Å². The van der Waals surface area contributed by atoms with Gasteiger partial charge >= 0.3 is 11.8 Å². The van der Waals surface area contributed by atoms with Crippen molar-refractivity contribution in [3.63, 3.8) is 0 Å². The number of ether oxygens (including phenoxy) is 1. The van der Waals surface area contributed by atoms with E-state index in [9.17, 15) is 30.1 Å². The second-order valence-corrected chi connectivity index (χ2v) is 4.66. The molecular weight excluding hydrogens is 334 g/mol. The molecule has 0 heterocycles. The summed E-state index contributed by atoms with van der Waals surface area (Å²) in [4.78, 5) is 34.3. The summed E-state index contributed by atoms with van der Waals surface area (Å²) in [5.41, 5.74) is -1.17. The third-order valence-electron chi connectivity index (χ3n) is 3.18. The zero-order valence-electron chi connectivity index (χ0n) is 13.4. The Hall–Kier alpha value is -3.61. The molecule has 1 amide bonds. The van der Waals surface area contributed by atoms with E-state index < -0.39 is 34.2 Å². The van der Waals surface area contributed by atoms with Gasteiger partial charge in [0.25, 0.3) is 5.91 Å². The number of benzene rings is 1. The molecule has 0 spiro atoms. The first-order chi connectivity index (χ1) is 11.7. The molecule has 10 nitrogen and oxygen atoms in total. The Morgan fingerprint density at radius 2 is 2.00 bits per heavy atom. The second-order valence-electron chi connectivity index (χ2n) is 4.66. The van der Waals surface area contributed by atoms with Crippen molar-refractivity contribution in [1.82, 2.24) is 4.90 Å². The Balaban J connectivity index is 3.47. The minimum absolute atomic E-state index is 0.0437. The number of nitro groups is 1. The Morgan fingerprint density at radius 1 is 1.40 bits per heavy atom.